The second-order valence-electron chi connectivity index (χ2n) is 9.14. The number of hydrogen-bond acceptors (Lipinski definition) is 6. The maximum absolute atomic E-state index is 12.4. The second kappa shape index (κ2) is 10.7. The van der Waals surface area contributed by atoms with Crippen LogP contribution < -0.4 is 10.1 Å². The first-order valence-electron chi connectivity index (χ1n) is 12.2. The molecule has 6 nitrogen and oxygen atoms in total. The highest BCUT2D eigenvalue weighted by molar-refractivity contribution is 5.86. The van der Waals surface area contributed by atoms with Crippen molar-refractivity contribution in [3.8, 4) is 11.6 Å². The van der Waals surface area contributed by atoms with E-state index in [-0.39, 0.29) is 17.9 Å². The summed E-state index contributed by atoms with van der Waals surface area (Å²) in [4.78, 5) is 21.1. The van der Waals surface area contributed by atoms with Crippen LogP contribution >= 0.6 is 0 Å². The van der Waals surface area contributed by atoms with Gasteiger partial charge >= 0.3 is 0 Å². The molecule has 3 aromatic carbocycles. The third kappa shape index (κ3) is 5.84. The quantitative estimate of drug-likeness (QED) is 0.356. The number of Topliss-reactive ketones (excluding diaryl/α,β-unsaturated/α-hetero) is 1. The summed E-state index contributed by atoms with van der Waals surface area (Å²) in [6.07, 6.45) is 6.00. The third-order valence-corrected chi connectivity index (χ3v) is 6.46. The van der Waals surface area contributed by atoms with Gasteiger partial charge in [-0.1, -0.05) is 55.3 Å². The molecule has 6 heteroatoms. The number of carbonyl (C=O) groups excluding carboxylic acids is 1. The van der Waals surface area contributed by atoms with Crippen molar-refractivity contribution in [1.82, 2.24) is 9.97 Å². The van der Waals surface area contributed by atoms with Crippen molar-refractivity contribution in [1.29, 1.82) is 0 Å². The zero-order valence-electron chi connectivity index (χ0n) is 19.6. The predicted molar refractivity (Wildman–Crippen MR) is 137 cm³/mol. The fourth-order valence-corrected chi connectivity index (χ4v) is 4.60. The Morgan fingerprint density at radius 1 is 0.914 bits per heavy atom. The molecule has 0 aliphatic heterocycles. The summed E-state index contributed by atoms with van der Waals surface area (Å²) in [5.41, 5.74) is 3.68. The molecule has 35 heavy (non-hydrogen) atoms. The zero-order chi connectivity index (χ0) is 24.0. The van der Waals surface area contributed by atoms with E-state index in [1.54, 1.807) is 0 Å². The SMILES string of the molecule is O=C(Cc1ccccc1)Cc1ccc(Oc2ncnc3cc(N[C@@H]4CCCC[C@H]4O)ccc23)cc1. The molecule has 0 amide bonds. The van der Waals surface area contributed by atoms with Crippen molar-refractivity contribution in [2.75, 3.05) is 5.32 Å². The first kappa shape index (κ1) is 23.0. The molecule has 2 N–H and O–H groups in total. The molecule has 1 aliphatic rings. The van der Waals surface area contributed by atoms with Gasteiger partial charge in [0.2, 0.25) is 5.88 Å². The van der Waals surface area contributed by atoms with Gasteiger partial charge in [0, 0.05) is 18.5 Å². The van der Waals surface area contributed by atoms with Gasteiger partial charge in [-0.2, -0.15) is 0 Å². The van der Waals surface area contributed by atoms with E-state index in [0.717, 1.165) is 53.4 Å². The molecule has 1 aromatic heterocycles. The fraction of sp³-hybridized carbons (Fsp3) is 0.276. The van der Waals surface area contributed by atoms with E-state index in [2.05, 4.69) is 15.3 Å². The van der Waals surface area contributed by atoms with Crippen LogP contribution in [0.5, 0.6) is 11.6 Å². The predicted octanol–water partition coefficient (Wildman–Crippen LogP) is 5.49. The average Bonchev–Trinajstić information content (AvgIpc) is 2.87. The van der Waals surface area contributed by atoms with Gasteiger partial charge in [-0.15, -0.1) is 0 Å². The van der Waals surface area contributed by atoms with E-state index in [4.69, 9.17) is 4.74 Å². The molecule has 4 aromatic rings. The first-order chi connectivity index (χ1) is 17.1. The molecule has 1 heterocycles. The summed E-state index contributed by atoms with van der Waals surface area (Å²) in [6.45, 7) is 0. The Bertz CT molecular complexity index is 1290. The van der Waals surface area contributed by atoms with Crippen molar-refractivity contribution in [2.45, 2.75) is 50.7 Å². The molecule has 0 bridgehead atoms. The smallest absolute Gasteiger partial charge is 0.230 e. The normalized spacial score (nSPS) is 17.7. The highest BCUT2D eigenvalue weighted by Gasteiger charge is 2.22. The van der Waals surface area contributed by atoms with Crippen molar-refractivity contribution in [3.63, 3.8) is 0 Å². The number of anilines is 1. The lowest BCUT2D eigenvalue weighted by molar-refractivity contribution is -0.117. The van der Waals surface area contributed by atoms with Crippen LogP contribution in [-0.4, -0.2) is 33.0 Å². The van der Waals surface area contributed by atoms with E-state index in [9.17, 15) is 9.90 Å². The van der Waals surface area contributed by atoms with Crippen LogP contribution in [0.15, 0.2) is 79.1 Å². The Balaban J connectivity index is 1.24. The van der Waals surface area contributed by atoms with E-state index in [1.807, 2.05) is 72.8 Å². The lowest BCUT2D eigenvalue weighted by atomic mass is 9.92. The van der Waals surface area contributed by atoms with Crippen LogP contribution in [0.3, 0.4) is 0 Å². The van der Waals surface area contributed by atoms with Gasteiger partial charge in [0.05, 0.1) is 23.0 Å². The number of hydrogen-bond donors (Lipinski definition) is 2. The van der Waals surface area contributed by atoms with Gasteiger partial charge in [0.1, 0.15) is 17.9 Å². The maximum Gasteiger partial charge on any atom is 0.230 e. The number of aromatic nitrogens is 2. The van der Waals surface area contributed by atoms with Crippen molar-refractivity contribution in [3.05, 3.63) is 90.3 Å². The summed E-state index contributed by atoms with van der Waals surface area (Å²) in [7, 11) is 0. The monoisotopic (exact) mass is 467 g/mol. The Hall–Kier alpha value is -3.77. The largest absolute Gasteiger partial charge is 0.438 e. The molecule has 0 radical (unpaired) electrons. The minimum absolute atomic E-state index is 0.0665. The van der Waals surface area contributed by atoms with Crippen LogP contribution in [0.1, 0.15) is 36.8 Å². The van der Waals surface area contributed by atoms with E-state index < -0.39 is 0 Å². The topological polar surface area (TPSA) is 84.3 Å². The van der Waals surface area contributed by atoms with Gasteiger partial charge in [0.15, 0.2) is 0 Å². The number of nitrogens with one attached hydrogen (secondary N) is 1. The molecule has 1 fully saturated rings. The number of nitrogens with zero attached hydrogens (tertiary/aromatic N) is 2. The van der Waals surface area contributed by atoms with E-state index >= 15 is 0 Å². The van der Waals surface area contributed by atoms with Crippen molar-refractivity contribution in [2.24, 2.45) is 0 Å². The summed E-state index contributed by atoms with van der Waals surface area (Å²) < 4.78 is 6.06. The summed E-state index contributed by atoms with van der Waals surface area (Å²) in [5.74, 6) is 1.31. The number of aliphatic hydroxyl groups is 1. The Morgan fingerprint density at radius 2 is 1.66 bits per heavy atom. The standard InChI is InChI=1S/C29H29N3O3/c33-23(16-20-6-2-1-3-7-20)17-21-10-13-24(14-11-21)35-29-25-15-12-22(18-27(25)30-19-31-29)32-26-8-4-5-9-28(26)34/h1-3,6-7,10-15,18-19,26,28,32,34H,4-5,8-9,16-17H2/t26-,28-/m1/s1. The number of rotatable bonds is 8. The van der Waals surface area contributed by atoms with Gasteiger partial charge < -0.3 is 15.2 Å². The van der Waals surface area contributed by atoms with Crippen LogP contribution in [-0.2, 0) is 17.6 Å². The molecule has 178 valence electrons. The Morgan fingerprint density at radius 3 is 2.43 bits per heavy atom. The minimum atomic E-state index is -0.319. The number of benzene rings is 3. The molecular formula is C29H29N3O3. The molecule has 1 aliphatic carbocycles. The molecule has 0 unspecified atom stereocenters. The van der Waals surface area contributed by atoms with Crippen molar-refractivity contribution >= 4 is 22.4 Å². The molecular weight excluding hydrogens is 438 g/mol. The first-order valence-corrected chi connectivity index (χ1v) is 12.2. The number of fused-ring (bicyclic) bond motifs is 1. The maximum atomic E-state index is 12.4. The highest BCUT2D eigenvalue weighted by atomic mass is 16.5. The lowest BCUT2D eigenvalue weighted by Crippen LogP contribution is -2.36. The average molecular weight is 468 g/mol. The Labute approximate surface area is 205 Å². The minimum Gasteiger partial charge on any atom is -0.438 e. The number of ketones is 1. The summed E-state index contributed by atoms with van der Waals surface area (Å²) >= 11 is 0. The second-order valence-corrected chi connectivity index (χ2v) is 9.14. The van der Waals surface area contributed by atoms with E-state index in [1.165, 1.54) is 6.33 Å². The van der Waals surface area contributed by atoms with Gasteiger partial charge in [-0.05, 0) is 54.3 Å². The number of aliphatic hydroxyl groups excluding tert-OH is 1. The fourth-order valence-electron chi connectivity index (χ4n) is 4.60. The highest BCUT2D eigenvalue weighted by Crippen LogP contribution is 2.30. The van der Waals surface area contributed by atoms with Crippen LogP contribution in [0.4, 0.5) is 5.69 Å². The molecule has 2 atom stereocenters. The Kier molecular flexibility index (Phi) is 7.00. The molecule has 5 rings (SSSR count). The zero-order valence-corrected chi connectivity index (χ0v) is 19.6. The third-order valence-electron chi connectivity index (χ3n) is 6.46. The summed E-state index contributed by atoms with van der Waals surface area (Å²) in [5, 5.41) is 14.5. The lowest BCUT2D eigenvalue weighted by Gasteiger charge is -2.29. The van der Waals surface area contributed by atoms with Gasteiger partial charge in [-0.3, -0.25) is 4.79 Å². The van der Waals surface area contributed by atoms with E-state index in [0.29, 0.717) is 24.5 Å². The molecule has 1 saturated carbocycles. The van der Waals surface area contributed by atoms with Gasteiger partial charge in [-0.25, -0.2) is 9.97 Å². The van der Waals surface area contributed by atoms with Crippen LogP contribution in [0, 0.1) is 0 Å². The van der Waals surface area contributed by atoms with Gasteiger partial charge in [0.25, 0.3) is 0 Å². The molecule has 0 saturated heterocycles. The van der Waals surface area contributed by atoms with Crippen LogP contribution in [0.25, 0.3) is 10.9 Å². The molecule has 0 spiro atoms. The number of ether oxygens (including phenoxy) is 1. The summed E-state index contributed by atoms with van der Waals surface area (Å²) in [6, 6.07) is 23.3. The van der Waals surface area contributed by atoms with Crippen molar-refractivity contribution < 1.29 is 14.6 Å². The van der Waals surface area contributed by atoms with Crippen LogP contribution in [0.2, 0.25) is 0 Å². The number of carbonyl (C=O) groups is 1.